The monoisotopic (exact) mass is 362 g/mol. The molecule has 0 aliphatic rings. The van der Waals surface area contributed by atoms with Gasteiger partial charge in [-0.3, -0.25) is 9.78 Å². The van der Waals surface area contributed by atoms with Gasteiger partial charge in [-0.15, -0.1) is 0 Å². The maximum absolute atomic E-state index is 12.0. The summed E-state index contributed by atoms with van der Waals surface area (Å²) in [7, 11) is 0. The number of nitrogens with zero attached hydrogens (tertiary/aromatic N) is 3. The van der Waals surface area contributed by atoms with Gasteiger partial charge in [0.05, 0.1) is 15.7 Å². The van der Waals surface area contributed by atoms with Crippen molar-refractivity contribution in [3.05, 3.63) is 58.7 Å². The number of anilines is 1. The predicted molar refractivity (Wildman–Crippen MR) is 90.9 cm³/mol. The number of hydrogen-bond acceptors (Lipinski definition) is 5. The molecule has 0 saturated carbocycles. The zero-order valence-electron chi connectivity index (χ0n) is 12.4. The van der Waals surface area contributed by atoms with Crippen molar-refractivity contribution >= 4 is 34.8 Å². The van der Waals surface area contributed by atoms with Crippen LogP contribution in [0, 0.1) is 0 Å². The Bertz CT molecular complexity index is 852. The van der Waals surface area contributed by atoms with Gasteiger partial charge in [0.25, 0.3) is 0 Å². The van der Waals surface area contributed by atoms with Crippen LogP contribution in [0.15, 0.2) is 47.2 Å². The first-order valence-electron chi connectivity index (χ1n) is 7.10. The van der Waals surface area contributed by atoms with E-state index in [2.05, 4.69) is 20.4 Å². The fourth-order valence-corrected chi connectivity index (χ4v) is 2.35. The summed E-state index contributed by atoms with van der Waals surface area (Å²) in [4.78, 5) is 20.3. The topological polar surface area (TPSA) is 80.9 Å². The Hall–Kier alpha value is -2.44. The van der Waals surface area contributed by atoms with Crippen molar-refractivity contribution < 1.29 is 9.32 Å². The Labute approximate surface area is 147 Å². The lowest BCUT2D eigenvalue weighted by atomic mass is 10.2. The van der Waals surface area contributed by atoms with Crippen molar-refractivity contribution in [1.29, 1.82) is 0 Å². The average molecular weight is 363 g/mol. The normalized spacial score (nSPS) is 10.6. The molecular weight excluding hydrogens is 351 g/mol. The summed E-state index contributed by atoms with van der Waals surface area (Å²) in [6, 6.07) is 8.66. The highest BCUT2D eigenvalue weighted by molar-refractivity contribution is 6.43. The number of aromatic nitrogens is 3. The molecule has 1 N–H and O–H groups in total. The minimum Gasteiger partial charge on any atom is -0.339 e. The van der Waals surface area contributed by atoms with Crippen LogP contribution >= 0.6 is 23.2 Å². The van der Waals surface area contributed by atoms with Gasteiger partial charge in [-0.25, -0.2) is 0 Å². The Balaban J connectivity index is 1.59. The second kappa shape index (κ2) is 7.42. The molecule has 0 spiro atoms. The summed E-state index contributed by atoms with van der Waals surface area (Å²) >= 11 is 11.9. The zero-order chi connectivity index (χ0) is 16.9. The van der Waals surface area contributed by atoms with Gasteiger partial charge in [-0.1, -0.05) is 34.4 Å². The highest BCUT2D eigenvalue weighted by Gasteiger charge is 2.12. The van der Waals surface area contributed by atoms with Crippen molar-refractivity contribution in [2.45, 2.75) is 12.8 Å². The van der Waals surface area contributed by atoms with Gasteiger partial charge in [0.1, 0.15) is 0 Å². The molecule has 6 nitrogen and oxygen atoms in total. The molecule has 0 fully saturated rings. The number of pyridine rings is 1. The number of halogens is 2. The summed E-state index contributed by atoms with van der Waals surface area (Å²) in [6.07, 6.45) is 3.80. The number of carbonyl (C=O) groups excluding carboxylic acids is 1. The molecule has 2 aromatic heterocycles. The van der Waals surface area contributed by atoms with Crippen LogP contribution in [0.5, 0.6) is 0 Å². The second-order valence-electron chi connectivity index (χ2n) is 4.90. The SMILES string of the molecule is O=C(CCc1nc(-c2cccnc2)no1)Nc1cccc(Cl)c1Cl. The minimum absolute atomic E-state index is 0.178. The molecular formula is C16H12Cl2N4O2. The number of hydrogen-bond donors (Lipinski definition) is 1. The highest BCUT2D eigenvalue weighted by atomic mass is 35.5. The molecule has 0 radical (unpaired) electrons. The smallest absolute Gasteiger partial charge is 0.227 e. The van der Waals surface area contributed by atoms with Crippen LogP contribution in [0.25, 0.3) is 11.4 Å². The van der Waals surface area contributed by atoms with Gasteiger partial charge < -0.3 is 9.84 Å². The molecule has 3 rings (SSSR count). The van der Waals surface area contributed by atoms with Crippen molar-refractivity contribution in [3.63, 3.8) is 0 Å². The lowest BCUT2D eigenvalue weighted by molar-refractivity contribution is -0.116. The Kier molecular flexibility index (Phi) is 5.08. The van der Waals surface area contributed by atoms with E-state index in [0.717, 1.165) is 5.56 Å². The number of rotatable bonds is 5. The van der Waals surface area contributed by atoms with Gasteiger partial charge in [-0.05, 0) is 24.3 Å². The lowest BCUT2D eigenvalue weighted by Gasteiger charge is -2.07. The average Bonchev–Trinajstić information content (AvgIpc) is 3.07. The third-order valence-electron chi connectivity index (χ3n) is 3.18. The largest absolute Gasteiger partial charge is 0.339 e. The number of nitrogens with one attached hydrogen (secondary N) is 1. The zero-order valence-corrected chi connectivity index (χ0v) is 13.9. The molecule has 3 aromatic rings. The lowest BCUT2D eigenvalue weighted by Crippen LogP contribution is -2.12. The van der Waals surface area contributed by atoms with E-state index in [-0.39, 0.29) is 12.3 Å². The van der Waals surface area contributed by atoms with Crippen molar-refractivity contribution in [2.24, 2.45) is 0 Å². The van der Waals surface area contributed by atoms with Gasteiger partial charge in [0.2, 0.25) is 17.6 Å². The fraction of sp³-hybridized carbons (Fsp3) is 0.125. The third-order valence-corrected chi connectivity index (χ3v) is 4.00. The molecule has 122 valence electrons. The molecule has 2 heterocycles. The van der Waals surface area contributed by atoms with Crippen LogP contribution < -0.4 is 5.32 Å². The summed E-state index contributed by atoms with van der Waals surface area (Å²) < 4.78 is 5.15. The van der Waals surface area contributed by atoms with Crippen LogP contribution in [0.4, 0.5) is 5.69 Å². The predicted octanol–water partition coefficient (Wildman–Crippen LogP) is 4.01. The molecule has 24 heavy (non-hydrogen) atoms. The van der Waals surface area contributed by atoms with E-state index in [0.29, 0.717) is 33.9 Å². The Morgan fingerprint density at radius 3 is 2.88 bits per heavy atom. The first kappa shape index (κ1) is 16.4. The number of amides is 1. The molecule has 0 aliphatic carbocycles. The molecule has 0 atom stereocenters. The van der Waals surface area contributed by atoms with E-state index in [4.69, 9.17) is 27.7 Å². The molecule has 0 aliphatic heterocycles. The van der Waals surface area contributed by atoms with E-state index in [1.807, 2.05) is 6.07 Å². The summed E-state index contributed by atoms with van der Waals surface area (Å²) in [5, 5.41) is 7.27. The molecule has 1 aromatic carbocycles. The molecule has 0 unspecified atom stereocenters. The van der Waals surface area contributed by atoms with Crippen LogP contribution in [-0.4, -0.2) is 21.0 Å². The van der Waals surface area contributed by atoms with Gasteiger partial charge >= 0.3 is 0 Å². The van der Waals surface area contributed by atoms with E-state index in [9.17, 15) is 4.79 Å². The number of benzene rings is 1. The maximum atomic E-state index is 12.0. The van der Waals surface area contributed by atoms with E-state index in [1.165, 1.54) is 0 Å². The maximum Gasteiger partial charge on any atom is 0.227 e. The summed E-state index contributed by atoms with van der Waals surface area (Å²) in [5.74, 6) is 0.595. The number of carbonyl (C=O) groups is 1. The standard InChI is InChI=1S/C16H12Cl2N4O2/c17-11-4-1-5-12(15(11)18)20-13(23)6-7-14-21-16(22-24-14)10-3-2-8-19-9-10/h1-5,8-9H,6-7H2,(H,20,23). The molecule has 0 saturated heterocycles. The quantitative estimate of drug-likeness (QED) is 0.741. The Morgan fingerprint density at radius 2 is 2.08 bits per heavy atom. The fourth-order valence-electron chi connectivity index (χ4n) is 2.00. The number of aryl methyl sites for hydroxylation is 1. The van der Waals surface area contributed by atoms with Gasteiger partial charge in [0, 0.05) is 30.8 Å². The van der Waals surface area contributed by atoms with E-state index < -0.39 is 0 Å². The van der Waals surface area contributed by atoms with Crippen molar-refractivity contribution in [2.75, 3.05) is 5.32 Å². The molecule has 0 bridgehead atoms. The first-order valence-corrected chi connectivity index (χ1v) is 7.86. The Morgan fingerprint density at radius 1 is 1.21 bits per heavy atom. The van der Waals surface area contributed by atoms with E-state index in [1.54, 1.807) is 36.7 Å². The van der Waals surface area contributed by atoms with Crippen LogP contribution in [0.1, 0.15) is 12.3 Å². The minimum atomic E-state index is -0.222. The van der Waals surface area contributed by atoms with Crippen molar-refractivity contribution in [3.8, 4) is 11.4 Å². The highest BCUT2D eigenvalue weighted by Crippen LogP contribution is 2.29. The summed E-state index contributed by atoms with van der Waals surface area (Å²) in [5.41, 5.74) is 1.22. The summed E-state index contributed by atoms with van der Waals surface area (Å²) in [6.45, 7) is 0. The van der Waals surface area contributed by atoms with Gasteiger partial charge in [-0.2, -0.15) is 4.98 Å². The second-order valence-corrected chi connectivity index (χ2v) is 5.69. The van der Waals surface area contributed by atoms with Crippen LogP contribution in [-0.2, 0) is 11.2 Å². The first-order chi connectivity index (χ1) is 11.6. The van der Waals surface area contributed by atoms with Gasteiger partial charge in [0.15, 0.2) is 0 Å². The van der Waals surface area contributed by atoms with Crippen molar-refractivity contribution in [1.82, 2.24) is 15.1 Å². The van der Waals surface area contributed by atoms with E-state index >= 15 is 0 Å². The van der Waals surface area contributed by atoms with Crippen LogP contribution in [0.3, 0.4) is 0 Å². The van der Waals surface area contributed by atoms with Crippen LogP contribution in [0.2, 0.25) is 10.0 Å². The molecule has 1 amide bonds. The third kappa shape index (κ3) is 3.90. The molecule has 8 heteroatoms.